The second kappa shape index (κ2) is 7.28. The predicted octanol–water partition coefficient (Wildman–Crippen LogP) is 3.48. The normalized spacial score (nSPS) is 27.2. The van der Waals surface area contributed by atoms with Crippen molar-refractivity contribution in [3.05, 3.63) is 71.8 Å². The average Bonchev–Trinajstić information content (AvgIpc) is 3.08. The maximum Gasteiger partial charge on any atom is 0.0664 e. The summed E-state index contributed by atoms with van der Waals surface area (Å²) >= 11 is 0. The monoisotopic (exact) mass is 336 g/mol. The summed E-state index contributed by atoms with van der Waals surface area (Å²) in [4.78, 5) is 2.66. The number of rotatable bonds is 4. The van der Waals surface area contributed by atoms with Crippen LogP contribution in [0, 0.1) is 5.41 Å². The zero-order valence-electron chi connectivity index (χ0n) is 15.0. The molecule has 1 spiro atoms. The summed E-state index contributed by atoms with van der Waals surface area (Å²) in [7, 11) is 1.88. The minimum atomic E-state index is 0.245. The van der Waals surface area contributed by atoms with Gasteiger partial charge in [0.05, 0.1) is 12.1 Å². The lowest BCUT2D eigenvalue weighted by atomic mass is 9.77. The highest BCUT2D eigenvalue weighted by molar-refractivity contribution is 5.32. The summed E-state index contributed by atoms with van der Waals surface area (Å²) in [5.74, 6) is 0. The van der Waals surface area contributed by atoms with Crippen molar-refractivity contribution in [2.24, 2.45) is 5.41 Å². The molecule has 0 bridgehead atoms. The summed E-state index contributed by atoms with van der Waals surface area (Å²) < 4.78 is 5.90. The van der Waals surface area contributed by atoms with Crippen molar-refractivity contribution in [2.75, 3.05) is 33.3 Å². The largest absolute Gasteiger partial charge is 0.381 e. The zero-order valence-corrected chi connectivity index (χ0v) is 15.0. The summed E-state index contributed by atoms with van der Waals surface area (Å²) in [6, 6.07) is 22.2. The quantitative estimate of drug-likeness (QED) is 0.925. The molecule has 0 radical (unpaired) electrons. The molecule has 0 amide bonds. The predicted molar refractivity (Wildman–Crippen MR) is 102 cm³/mol. The Morgan fingerprint density at radius 2 is 1.68 bits per heavy atom. The van der Waals surface area contributed by atoms with E-state index in [0.29, 0.717) is 12.1 Å². The first-order valence-corrected chi connectivity index (χ1v) is 9.40. The van der Waals surface area contributed by atoms with Gasteiger partial charge in [-0.3, -0.25) is 4.90 Å². The van der Waals surface area contributed by atoms with Gasteiger partial charge in [-0.25, -0.2) is 0 Å². The number of hydrogen-bond acceptors (Lipinski definition) is 3. The number of piperidine rings is 1. The molecule has 2 saturated heterocycles. The highest BCUT2D eigenvalue weighted by Crippen LogP contribution is 2.43. The third-order valence-electron chi connectivity index (χ3n) is 6.04. The third kappa shape index (κ3) is 3.24. The lowest BCUT2D eigenvalue weighted by Crippen LogP contribution is -2.52. The van der Waals surface area contributed by atoms with Crippen molar-refractivity contribution in [2.45, 2.75) is 25.0 Å². The van der Waals surface area contributed by atoms with E-state index in [1.165, 1.54) is 17.5 Å². The van der Waals surface area contributed by atoms with Gasteiger partial charge in [-0.05, 0) is 37.1 Å². The fraction of sp³-hybridized carbons (Fsp3) is 0.455. The zero-order chi connectivity index (χ0) is 17.1. The van der Waals surface area contributed by atoms with E-state index in [-0.39, 0.29) is 5.41 Å². The van der Waals surface area contributed by atoms with Crippen LogP contribution in [0.15, 0.2) is 60.7 Å². The van der Waals surface area contributed by atoms with Crippen LogP contribution in [0.1, 0.15) is 30.0 Å². The standard InChI is InChI=1S/C22H28N2O/c1-25-20-12-14-23-16-22(20)13-15-24(17-22)21(18-8-4-2-5-9-18)19-10-6-3-7-11-19/h2-11,20-21,23H,12-17H2,1H3. The molecule has 25 heavy (non-hydrogen) atoms. The minimum absolute atomic E-state index is 0.245. The van der Waals surface area contributed by atoms with E-state index in [4.69, 9.17) is 4.74 Å². The Hall–Kier alpha value is -1.68. The van der Waals surface area contributed by atoms with E-state index >= 15 is 0 Å². The van der Waals surface area contributed by atoms with Crippen LogP contribution in [-0.2, 0) is 4.74 Å². The van der Waals surface area contributed by atoms with E-state index in [9.17, 15) is 0 Å². The first-order valence-electron chi connectivity index (χ1n) is 9.40. The van der Waals surface area contributed by atoms with Gasteiger partial charge in [0, 0.05) is 25.6 Å². The summed E-state index contributed by atoms with van der Waals surface area (Å²) in [6.45, 7) is 4.35. The number of likely N-dealkylation sites (tertiary alicyclic amines) is 1. The topological polar surface area (TPSA) is 24.5 Å². The SMILES string of the molecule is COC1CCNCC12CCN(C(c1ccccc1)c1ccccc1)C2. The first kappa shape index (κ1) is 16.8. The molecule has 4 rings (SSSR count). The van der Waals surface area contributed by atoms with Gasteiger partial charge in [0.25, 0.3) is 0 Å². The van der Waals surface area contributed by atoms with Crippen LogP contribution in [0.4, 0.5) is 0 Å². The van der Waals surface area contributed by atoms with Crippen LogP contribution < -0.4 is 5.32 Å². The van der Waals surface area contributed by atoms with Gasteiger partial charge in [0.2, 0.25) is 0 Å². The van der Waals surface area contributed by atoms with Crippen LogP contribution in [0.2, 0.25) is 0 Å². The smallest absolute Gasteiger partial charge is 0.0664 e. The molecule has 3 nitrogen and oxygen atoms in total. The van der Waals surface area contributed by atoms with E-state index in [2.05, 4.69) is 70.9 Å². The van der Waals surface area contributed by atoms with Crippen LogP contribution in [-0.4, -0.2) is 44.3 Å². The Kier molecular flexibility index (Phi) is 4.89. The van der Waals surface area contributed by atoms with Gasteiger partial charge in [-0.1, -0.05) is 60.7 Å². The number of ether oxygens (including phenoxy) is 1. The molecule has 2 heterocycles. The second-order valence-corrected chi connectivity index (χ2v) is 7.50. The second-order valence-electron chi connectivity index (χ2n) is 7.50. The number of nitrogens with zero attached hydrogens (tertiary/aromatic N) is 1. The van der Waals surface area contributed by atoms with Crippen molar-refractivity contribution >= 4 is 0 Å². The van der Waals surface area contributed by atoms with E-state index in [1.54, 1.807) is 0 Å². The Bertz CT molecular complexity index is 635. The van der Waals surface area contributed by atoms with Crippen molar-refractivity contribution in [1.29, 1.82) is 0 Å². The highest BCUT2D eigenvalue weighted by atomic mass is 16.5. The van der Waals surface area contributed by atoms with E-state index < -0.39 is 0 Å². The molecule has 2 atom stereocenters. The lowest BCUT2D eigenvalue weighted by molar-refractivity contribution is -0.0294. The number of hydrogen-bond donors (Lipinski definition) is 1. The molecule has 0 aliphatic carbocycles. The maximum absolute atomic E-state index is 5.90. The number of benzene rings is 2. The molecule has 1 N–H and O–H groups in total. The molecule has 2 aromatic carbocycles. The third-order valence-corrected chi connectivity index (χ3v) is 6.04. The fourth-order valence-electron chi connectivity index (χ4n) is 4.80. The van der Waals surface area contributed by atoms with Crippen molar-refractivity contribution in [3.63, 3.8) is 0 Å². The summed E-state index contributed by atoms with van der Waals surface area (Å²) in [5, 5.41) is 3.61. The van der Waals surface area contributed by atoms with Crippen molar-refractivity contribution in [1.82, 2.24) is 10.2 Å². The first-order chi connectivity index (χ1) is 12.3. The molecule has 2 aliphatic rings. The van der Waals surface area contributed by atoms with Gasteiger partial charge >= 0.3 is 0 Å². The molecule has 2 unspecified atom stereocenters. The fourth-order valence-corrected chi connectivity index (χ4v) is 4.80. The van der Waals surface area contributed by atoms with Gasteiger partial charge in [-0.15, -0.1) is 0 Å². The average molecular weight is 336 g/mol. The Labute approximate surface area is 151 Å². The van der Waals surface area contributed by atoms with E-state index in [0.717, 1.165) is 32.6 Å². The minimum Gasteiger partial charge on any atom is -0.381 e. The summed E-state index contributed by atoms with van der Waals surface area (Å²) in [6.07, 6.45) is 2.69. The van der Waals surface area contributed by atoms with Gasteiger partial charge in [-0.2, -0.15) is 0 Å². The molecular weight excluding hydrogens is 308 g/mol. The van der Waals surface area contributed by atoms with Crippen molar-refractivity contribution in [3.8, 4) is 0 Å². The number of methoxy groups -OCH3 is 1. The van der Waals surface area contributed by atoms with Crippen LogP contribution >= 0.6 is 0 Å². The molecular formula is C22H28N2O. The van der Waals surface area contributed by atoms with Gasteiger partial charge in [0.1, 0.15) is 0 Å². The van der Waals surface area contributed by atoms with Gasteiger partial charge < -0.3 is 10.1 Å². The summed E-state index contributed by atoms with van der Waals surface area (Å²) in [5.41, 5.74) is 3.00. The molecule has 3 heteroatoms. The number of nitrogens with one attached hydrogen (secondary N) is 1. The molecule has 0 aromatic heterocycles. The molecule has 2 aromatic rings. The molecule has 0 saturated carbocycles. The van der Waals surface area contributed by atoms with Crippen LogP contribution in [0.3, 0.4) is 0 Å². The van der Waals surface area contributed by atoms with Crippen molar-refractivity contribution < 1.29 is 4.74 Å². The van der Waals surface area contributed by atoms with Crippen LogP contribution in [0.5, 0.6) is 0 Å². The highest BCUT2D eigenvalue weighted by Gasteiger charge is 2.47. The molecule has 2 aliphatic heterocycles. The molecule has 2 fully saturated rings. The maximum atomic E-state index is 5.90. The Morgan fingerprint density at radius 3 is 2.28 bits per heavy atom. The molecule has 132 valence electrons. The van der Waals surface area contributed by atoms with Gasteiger partial charge in [0.15, 0.2) is 0 Å². The van der Waals surface area contributed by atoms with Crippen LogP contribution in [0.25, 0.3) is 0 Å². The lowest BCUT2D eigenvalue weighted by Gasteiger charge is -2.41. The Morgan fingerprint density at radius 1 is 1.04 bits per heavy atom. The Balaban J connectivity index is 1.65. The van der Waals surface area contributed by atoms with E-state index in [1.807, 2.05) is 7.11 Å².